The van der Waals surface area contributed by atoms with E-state index in [2.05, 4.69) is 18.9 Å². The predicted molar refractivity (Wildman–Crippen MR) is 80.1 cm³/mol. The lowest BCUT2D eigenvalue weighted by molar-refractivity contribution is 0.0941. The molecule has 1 atom stereocenters. The lowest BCUT2D eigenvalue weighted by Gasteiger charge is -2.17. The second-order valence-electron chi connectivity index (χ2n) is 5.96. The fraction of sp³-hybridized carbons (Fsp3) is 0.733. The number of ketones is 1. The fourth-order valence-electron chi connectivity index (χ4n) is 2.44. The average Bonchev–Trinajstić information content (AvgIpc) is 2.81. The van der Waals surface area contributed by atoms with E-state index in [0.717, 1.165) is 6.42 Å². The molecule has 0 aromatic carbocycles. The normalized spacial score (nSPS) is 13.0. The molecular weight excluding hydrogens is 254 g/mol. The molecule has 2 N–H and O–H groups in total. The maximum absolute atomic E-state index is 12.6. The lowest BCUT2D eigenvalue weighted by Crippen LogP contribution is -2.22. The molecule has 20 heavy (non-hydrogen) atoms. The summed E-state index contributed by atoms with van der Waals surface area (Å²) in [4.78, 5) is 12.6. The smallest absolute Gasteiger partial charge is 0.185 e. The van der Waals surface area contributed by atoms with Crippen LogP contribution in [0.25, 0.3) is 0 Å². The molecule has 5 nitrogen and oxygen atoms in total. The van der Waals surface area contributed by atoms with E-state index in [9.17, 15) is 4.79 Å². The number of nitrogens with zero attached hydrogens (tertiary/aromatic N) is 2. The first-order valence-corrected chi connectivity index (χ1v) is 7.25. The third-order valence-corrected chi connectivity index (χ3v) is 3.35. The van der Waals surface area contributed by atoms with E-state index in [1.807, 2.05) is 13.8 Å². The first-order valence-electron chi connectivity index (χ1n) is 7.25. The van der Waals surface area contributed by atoms with Gasteiger partial charge in [-0.1, -0.05) is 13.8 Å². The maximum Gasteiger partial charge on any atom is 0.185 e. The summed E-state index contributed by atoms with van der Waals surface area (Å²) in [6.45, 7) is 8.82. The summed E-state index contributed by atoms with van der Waals surface area (Å²) in [6, 6.07) is 0.124. The van der Waals surface area contributed by atoms with Gasteiger partial charge in [-0.2, -0.15) is 5.10 Å². The van der Waals surface area contributed by atoms with E-state index >= 15 is 0 Å². The highest BCUT2D eigenvalue weighted by Gasteiger charge is 2.23. The van der Waals surface area contributed by atoms with E-state index in [4.69, 9.17) is 10.5 Å². The van der Waals surface area contributed by atoms with Crippen molar-refractivity contribution >= 4 is 5.78 Å². The van der Waals surface area contributed by atoms with Crippen molar-refractivity contribution in [2.75, 3.05) is 13.7 Å². The van der Waals surface area contributed by atoms with Crippen molar-refractivity contribution in [3.8, 4) is 5.75 Å². The molecule has 0 amide bonds. The van der Waals surface area contributed by atoms with Crippen molar-refractivity contribution in [2.24, 2.45) is 17.6 Å². The summed E-state index contributed by atoms with van der Waals surface area (Å²) in [5.74, 6) is 1.35. The molecule has 0 radical (unpaired) electrons. The van der Waals surface area contributed by atoms with Crippen LogP contribution in [0.1, 0.15) is 57.1 Å². The molecule has 1 aromatic heterocycles. The fourth-order valence-corrected chi connectivity index (χ4v) is 2.44. The second-order valence-corrected chi connectivity index (χ2v) is 5.96. The van der Waals surface area contributed by atoms with Gasteiger partial charge in [-0.25, -0.2) is 0 Å². The van der Waals surface area contributed by atoms with Crippen LogP contribution in [-0.4, -0.2) is 29.2 Å². The molecule has 0 aliphatic rings. The lowest BCUT2D eigenvalue weighted by atomic mass is 9.91. The molecule has 5 heteroatoms. The number of aromatic nitrogens is 2. The minimum atomic E-state index is 0.0594. The van der Waals surface area contributed by atoms with Gasteiger partial charge >= 0.3 is 0 Å². The molecule has 0 saturated carbocycles. The van der Waals surface area contributed by atoms with Crippen LogP contribution in [0.15, 0.2) is 6.20 Å². The van der Waals surface area contributed by atoms with Gasteiger partial charge in [0, 0.05) is 12.5 Å². The monoisotopic (exact) mass is 281 g/mol. The van der Waals surface area contributed by atoms with Crippen LogP contribution in [0.5, 0.6) is 5.75 Å². The Morgan fingerprint density at radius 2 is 2.05 bits per heavy atom. The zero-order chi connectivity index (χ0) is 15.3. The first kappa shape index (κ1) is 16.7. The average molecular weight is 281 g/mol. The van der Waals surface area contributed by atoms with Crippen LogP contribution in [0, 0.1) is 11.8 Å². The number of Topliss-reactive ketones (excluding diaryl/α,β-unsaturated/α-hetero) is 1. The zero-order valence-electron chi connectivity index (χ0n) is 13.2. The minimum absolute atomic E-state index is 0.0594. The molecule has 0 aliphatic heterocycles. The standard InChI is InChI=1S/C15H27N3O2/c1-10(2)6-12(8-16)7-13(19)15-14(20-5)9-17-18(15)11(3)4/h9-12H,6-8,16H2,1-5H3. The number of carbonyl (C=O) groups is 1. The number of ether oxygens (including phenoxy) is 1. The summed E-state index contributed by atoms with van der Waals surface area (Å²) >= 11 is 0. The summed E-state index contributed by atoms with van der Waals surface area (Å²) in [7, 11) is 1.56. The van der Waals surface area contributed by atoms with Gasteiger partial charge in [0.15, 0.2) is 11.5 Å². The number of nitrogens with two attached hydrogens (primary N) is 1. The van der Waals surface area contributed by atoms with E-state index in [1.165, 1.54) is 0 Å². The zero-order valence-corrected chi connectivity index (χ0v) is 13.2. The van der Waals surface area contributed by atoms with Crippen LogP contribution in [-0.2, 0) is 0 Å². The van der Waals surface area contributed by atoms with Gasteiger partial charge in [0.1, 0.15) is 5.69 Å². The number of hydrogen-bond donors (Lipinski definition) is 1. The molecule has 1 heterocycles. The molecule has 0 saturated heterocycles. The molecule has 114 valence electrons. The molecular formula is C15H27N3O2. The van der Waals surface area contributed by atoms with E-state index in [0.29, 0.717) is 30.3 Å². The minimum Gasteiger partial charge on any atom is -0.493 e. The van der Waals surface area contributed by atoms with E-state index in [-0.39, 0.29) is 17.7 Å². The van der Waals surface area contributed by atoms with Crippen molar-refractivity contribution in [3.05, 3.63) is 11.9 Å². The summed E-state index contributed by atoms with van der Waals surface area (Å²) < 4.78 is 6.98. The Kier molecular flexibility index (Phi) is 6.20. The quantitative estimate of drug-likeness (QED) is 0.744. The van der Waals surface area contributed by atoms with Gasteiger partial charge in [-0.15, -0.1) is 0 Å². The maximum atomic E-state index is 12.6. The third-order valence-electron chi connectivity index (χ3n) is 3.35. The van der Waals surface area contributed by atoms with Crippen LogP contribution in [0.4, 0.5) is 0 Å². The van der Waals surface area contributed by atoms with Crippen LogP contribution in [0.3, 0.4) is 0 Å². The van der Waals surface area contributed by atoms with Crippen molar-refractivity contribution in [1.82, 2.24) is 9.78 Å². The van der Waals surface area contributed by atoms with Gasteiger partial charge in [0.2, 0.25) is 0 Å². The van der Waals surface area contributed by atoms with Crippen LogP contribution < -0.4 is 10.5 Å². The summed E-state index contributed by atoms with van der Waals surface area (Å²) in [6.07, 6.45) is 3.01. The highest BCUT2D eigenvalue weighted by Crippen LogP contribution is 2.25. The van der Waals surface area contributed by atoms with Crippen molar-refractivity contribution < 1.29 is 9.53 Å². The molecule has 1 rings (SSSR count). The largest absolute Gasteiger partial charge is 0.493 e. The Balaban J connectivity index is 2.93. The van der Waals surface area contributed by atoms with Crippen molar-refractivity contribution in [1.29, 1.82) is 0 Å². The highest BCUT2D eigenvalue weighted by molar-refractivity contribution is 5.97. The molecule has 1 unspecified atom stereocenters. The highest BCUT2D eigenvalue weighted by atomic mass is 16.5. The topological polar surface area (TPSA) is 70.1 Å². The van der Waals surface area contributed by atoms with E-state index < -0.39 is 0 Å². The number of carbonyl (C=O) groups excluding carboxylic acids is 1. The van der Waals surface area contributed by atoms with Crippen LogP contribution in [0.2, 0.25) is 0 Å². The first-order chi connectivity index (χ1) is 9.40. The van der Waals surface area contributed by atoms with Gasteiger partial charge in [-0.05, 0) is 38.6 Å². The number of hydrogen-bond acceptors (Lipinski definition) is 4. The van der Waals surface area contributed by atoms with Gasteiger partial charge in [-0.3, -0.25) is 9.48 Å². The van der Waals surface area contributed by atoms with Gasteiger partial charge < -0.3 is 10.5 Å². The molecule has 0 fully saturated rings. The SMILES string of the molecule is COc1cnn(C(C)C)c1C(=O)CC(CN)CC(C)C. The number of methoxy groups -OCH3 is 1. The van der Waals surface area contributed by atoms with Crippen molar-refractivity contribution in [2.45, 2.75) is 46.6 Å². The Morgan fingerprint density at radius 3 is 2.50 bits per heavy atom. The molecule has 0 aliphatic carbocycles. The Bertz CT molecular complexity index is 438. The van der Waals surface area contributed by atoms with Gasteiger partial charge in [0.05, 0.1) is 13.3 Å². The van der Waals surface area contributed by atoms with Crippen LogP contribution >= 0.6 is 0 Å². The Morgan fingerprint density at radius 1 is 1.40 bits per heavy atom. The molecule has 1 aromatic rings. The van der Waals surface area contributed by atoms with E-state index in [1.54, 1.807) is 18.0 Å². The second kappa shape index (κ2) is 7.43. The Labute approximate surface area is 121 Å². The molecule has 0 spiro atoms. The summed E-state index contributed by atoms with van der Waals surface area (Å²) in [5.41, 5.74) is 6.35. The van der Waals surface area contributed by atoms with Crippen molar-refractivity contribution in [3.63, 3.8) is 0 Å². The van der Waals surface area contributed by atoms with Gasteiger partial charge in [0.25, 0.3) is 0 Å². The number of rotatable bonds is 8. The summed E-state index contributed by atoms with van der Waals surface area (Å²) in [5, 5.41) is 4.24. The molecule has 0 bridgehead atoms. The predicted octanol–water partition coefficient (Wildman–Crippen LogP) is 2.67. The Hall–Kier alpha value is -1.36. The third kappa shape index (κ3) is 4.07.